The number of aromatic hydroxyl groups is 2. The Hall–Kier alpha value is -3.93. The Balaban J connectivity index is 1.21. The number of methoxy groups -OCH3 is 2. The fourth-order valence-electron chi connectivity index (χ4n) is 8.35. The maximum absolute atomic E-state index is 14.0. The van der Waals surface area contributed by atoms with Crippen LogP contribution in [0.5, 0.6) is 17.2 Å². The van der Waals surface area contributed by atoms with E-state index in [4.69, 9.17) is 33.8 Å². The van der Waals surface area contributed by atoms with Crippen LogP contribution in [0, 0.1) is 5.41 Å². The number of benzene rings is 2. The van der Waals surface area contributed by atoms with Gasteiger partial charge in [-0.3, -0.25) is 19.9 Å². The predicted molar refractivity (Wildman–Crippen MR) is 178 cm³/mol. The number of ether oxygens (including phenoxy) is 6. The summed E-state index contributed by atoms with van der Waals surface area (Å²) in [4.78, 5) is 31.9. The van der Waals surface area contributed by atoms with E-state index in [1.807, 2.05) is 16.7 Å². The second kappa shape index (κ2) is 12.9. The molecule has 6 aliphatic rings. The van der Waals surface area contributed by atoms with Crippen LogP contribution in [0.4, 0.5) is 0 Å². The van der Waals surface area contributed by atoms with Crippen molar-refractivity contribution in [2.45, 2.75) is 62.5 Å². The van der Waals surface area contributed by atoms with Gasteiger partial charge in [0.2, 0.25) is 6.29 Å². The lowest BCUT2D eigenvalue weighted by Crippen LogP contribution is -2.53. The Morgan fingerprint density at radius 3 is 2.63 bits per heavy atom. The quantitative estimate of drug-likeness (QED) is 0.218. The molecule has 2 unspecified atom stereocenters. The van der Waals surface area contributed by atoms with E-state index in [0.29, 0.717) is 39.3 Å². The summed E-state index contributed by atoms with van der Waals surface area (Å²) in [5.74, 6) is -1.82. The lowest BCUT2D eigenvalue weighted by Gasteiger charge is -2.41. The van der Waals surface area contributed by atoms with Crippen LogP contribution in [0.3, 0.4) is 0 Å². The summed E-state index contributed by atoms with van der Waals surface area (Å²) < 4.78 is 35.8. The molecule has 5 N–H and O–H groups in total. The molecule has 7 atom stereocenters. The number of aliphatic hydroxyl groups is 1. The minimum absolute atomic E-state index is 0.000855. The van der Waals surface area contributed by atoms with Gasteiger partial charge in [-0.25, -0.2) is 0 Å². The van der Waals surface area contributed by atoms with Gasteiger partial charge in [-0.1, -0.05) is 12.1 Å². The number of carbonyl (C=O) groups excluding carboxylic acids is 2. The molecule has 0 bridgehead atoms. The lowest BCUT2D eigenvalue weighted by atomic mass is 9.71. The number of morpholine rings is 1. The van der Waals surface area contributed by atoms with Crippen molar-refractivity contribution in [3.05, 3.63) is 63.4 Å². The fourth-order valence-corrected chi connectivity index (χ4v) is 8.35. The third-order valence-corrected chi connectivity index (χ3v) is 10.9. The molecule has 3 saturated heterocycles. The molecule has 8 rings (SSSR count). The summed E-state index contributed by atoms with van der Waals surface area (Å²) in [6.07, 6.45) is -3.15. The Labute approximate surface area is 294 Å². The van der Waals surface area contributed by atoms with Gasteiger partial charge in [0.1, 0.15) is 29.0 Å². The maximum Gasteiger partial charge on any atom is 0.202 e. The molecule has 15 heteroatoms. The third kappa shape index (κ3) is 5.46. The second-order valence-corrected chi connectivity index (χ2v) is 13.8. The molecular weight excluding hydrogens is 664 g/mol. The van der Waals surface area contributed by atoms with E-state index in [1.54, 1.807) is 25.3 Å². The zero-order valence-corrected chi connectivity index (χ0v) is 28.6. The third-order valence-electron chi connectivity index (χ3n) is 10.9. The maximum atomic E-state index is 14.0. The van der Waals surface area contributed by atoms with Crippen LogP contribution in [0.15, 0.2) is 30.0 Å². The van der Waals surface area contributed by atoms with Crippen molar-refractivity contribution >= 4 is 17.3 Å². The van der Waals surface area contributed by atoms with E-state index < -0.39 is 65.8 Å². The summed E-state index contributed by atoms with van der Waals surface area (Å²) in [5, 5.41) is 48.5. The van der Waals surface area contributed by atoms with Gasteiger partial charge in [-0.15, -0.1) is 0 Å². The van der Waals surface area contributed by atoms with Gasteiger partial charge in [0.25, 0.3) is 0 Å². The van der Waals surface area contributed by atoms with Crippen molar-refractivity contribution in [3.63, 3.8) is 0 Å². The minimum atomic E-state index is -2.03. The number of carbonyl (C=O) groups is 2. The number of phenolic OH excluding ortho intramolecular Hbond substituents is 2. The van der Waals surface area contributed by atoms with E-state index in [-0.39, 0.29) is 64.2 Å². The molecule has 0 amide bonds. The van der Waals surface area contributed by atoms with Crippen LogP contribution < -0.4 is 10.1 Å². The number of nitrogens with one attached hydrogen (secondary N) is 2. The molecule has 2 aromatic carbocycles. The average molecular weight is 707 g/mol. The van der Waals surface area contributed by atoms with Crippen molar-refractivity contribution in [2.24, 2.45) is 0 Å². The Bertz CT molecular complexity index is 1830. The Kier molecular flexibility index (Phi) is 8.66. The molecule has 4 heterocycles. The highest BCUT2D eigenvalue weighted by molar-refractivity contribution is 6.32. The molecule has 0 aromatic heterocycles. The van der Waals surface area contributed by atoms with Crippen LogP contribution in [0.1, 0.15) is 57.6 Å². The standard InChI is InChI=1S/C36H42N4O11/c1-17-33-20(40-11-12-48-35(47-3)34(40)51-33)13-24(49-17)50-22-15-36(45,23(41)16-39-9-7-38-8-10-39)14-19-26(22)32(44)27-28(31(19)43)30(42)18-5-4-6-21(46-2)25(18)29(27)37/h4-6,13,17,22,24,33-35,37-38,43-45H,7-12,14-16H2,1-3H3/t17-,22?,24-,33+,34+,35-,36?/m0/s1. The van der Waals surface area contributed by atoms with E-state index in [9.17, 15) is 24.9 Å². The molecular formula is C36H42N4O11. The number of piperazine rings is 1. The first-order valence-electron chi connectivity index (χ1n) is 17.2. The molecule has 0 radical (unpaired) electrons. The van der Waals surface area contributed by atoms with Crippen molar-refractivity contribution in [1.29, 1.82) is 5.41 Å². The number of hydrogen-bond donors (Lipinski definition) is 5. The Morgan fingerprint density at radius 1 is 1.10 bits per heavy atom. The SMILES string of the molecule is COc1cccc2c1C(=N)c1c(O)c3c(c(O)c1C2=O)CC(O)(C(=O)CN1CCNCC1)CC3O[C@H]1C=C2[C@H](O[C@@H]3[C@@H](OC)OCCN23)[C@H](C)O1. The highest BCUT2D eigenvalue weighted by atomic mass is 16.7. The number of rotatable bonds is 7. The van der Waals surface area contributed by atoms with E-state index in [1.165, 1.54) is 13.2 Å². The van der Waals surface area contributed by atoms with Gasteiger partial charge in [-0.2, -0.15) is 0 Å². The van der Waals surface area contributed by atoms with Crippen molar-refractivity contribution in [1.82, 2.24) is 15.1 Å². The van der Waals surface area contributed by atoms with Gasteiger partial charge in [0.15, 0.2) is 24.1 Å². The summed E-state index contributed by atoms with van der Waals surface area (Å²) >= 11 is 0. The molecule has 0 saturated carbocycles. The van der Waals surface area contributed by atoms with Crippen LogP contribution in [0.25, 0.3) is 0 Å². The topological polar surface area (TPSA) is 193 Å². The molecule has 0 spiro atoms. The monoisotopic (exact) mass is 706 g/mol. The lowest BCUT2D eigenvalue weighted by molar-refractivity contribution is -0.250. The normalized spacial score (nSPS) is 31.6. The first kappa shape index (κ1) is 34.2. The number of hydrogen-bond acceptors (Lipinski definition) is 15. The number of Topliss-reactive ketones (excluding diaryl/α,β-unsaturated/α-hetero) is 1. The number of fused-ring (bicyclic) bond motifs is 6. The van der Waals surface area contributed by atoms with Crippen molar-refractivity contribution < 1.29 is 53.3 Å². The molecule has 272 valence electrons. The van der Waals surface area contributed by atoms with E-state index >= 15 is 0 Å². The predicted octanol–water partition coefficient (Wildman–Crippen LogP) is 0.935. The molecule has 15 nitrogen and oxygen atoms in total. The minimum Gasteiger partial charge on any atom is -0.507 e. The number of ketones is 2. The zero-order valence-electron chi connectivity index (χ0n) is 28.6. The van der Waals surface area contributed by atoms with Crippen molar-refractivity contribution in [3.8, 4) is 17.2 Å². The van der Waals surface area contributed by atoms with Gasteiger partial charge < -0.3 is 54.0 Å². The van der Waals surface area contributed by atoms with Crippen LogP contribution >= 0.6 is 0 Å². The van der Waals surface area contributed by atoms with E-state index in [0.717, 1.165) is 5.70 Å². The van der Waals surface area contributed by atoms with Gasteiger partial charge in [0, 0.05) is 75.1 Å². The Morgan fingerprint density at radius 2 is 1.88 bits per heavy atom. The van der Waals surface area contributed by atoms with E-state index in [2.05, 4.69) is 5.32 Å². The van der Waals surface area contributed by atoms with Crippen molar-refractivity contribution in [2.75, 3.05) is 60.1 Å². The largest absolute Gasteiger partial charge is 0.507 e. The highest BCUT2D eigenvalue weighted by Crippen LogP contribution is 2.53. The smallest absolute Gasteiger partial charge is 0.202 e. The highest BCUT2D eigenvalue weighted by Gasteiger charge is 2.52. The molecule has 3 fully saturated rings. The summed E-state index contributed by atoms with van der Waals surface area (Å²) in [5.41, 5.74) is -1.52. The summed E-state index contributed by atoms with van der Waals surface area (Å²) in [6, 6.07) is 4.74. The van der Waals surface area contributed by atoms with Gasteiger partial charge in [0.05, 0.1) is 54.9 Å². The second-order valence-electron chi connectivity index (χ2n) is 13.8. The van der Waals surface area contributed by atoms with Gasteiger partial charge in [-0.05, 0) is 19.1 Å². The van der Waals surface area contributed by atoms with Crippen LogP contribution in [-0.4, -0.2) is 139 Å². The first-order valence-corrected chi connectivity index (χ1v) is 17.2. The average Bonchev–Trinajstić information content (AvgIpc) is 3.51. The fraction of sp³-hybridized carbons (Fsp3) is 0.528. The molecule has 2 aliphatic carbocycles. The summed E-state index contributed by atoms with van der Waals surface area (Å²) in [6.45, 7) is 5.41. The first-order chi connectivity index (χ1) is 24.5. The summed E-state index contributed by atoms with van der Waals surface area (Å²) in [7, 11) is 2.97. The number of phenols is 2. The number of nitrogens with zero attached hydrogens (tertiary/aromatic N) is 2. The molecule has 2 aromatic rings. The van der Waals surface area contributed by atoms with Crippen LogP contribution in [0.2, 0.25) is 0 Å². The molecule has 4 aliphatic heterocycles. The van der Waals surface area contributed by atoms with Crippen LogP contribution in [-0.2, 0) is 34.9 Å². The molecule has 51 heavy (non-hydrogen) atoms. The van der Waals surface area contributed by atoms with Gasteiger partial charge >= 0.3 is 0 Å². The zero-order chi connectivity index (χ0) is 35.8.